The predicted molar refractivity (Wildman–Crippen MR) is 87.2 cm³/mol. The lowest BCUT2D eigenvalue weighted by Gasteiger charge is -2.28. The summed E-state index contributed by atoms with van der Waals surface area (Å²) in [6, 6.07) is 3.83. The average Bonchev–Trinajstić information content (AvgIpc) is 3.13. The minimum absolute atomic E-state index is 0.310. The van der Waals surface area contributed by atoms with E-state index < -0.39 is 0 Å². The first kappa shape index (κ1) is 16.7. The Hall–Kier alpha value is -0.630. The van der Waals surface area contributed by atoms with Crippen molar-refractivity contribution in [1.82, 2.24) is 15.1 Å². The Kier molecular flexibility index (Phi) is 6.04. The van der Waals surface area contributed by atoms with Gasteiger partial charge in [0.15, 0.2) is 0 Å². The zero-order valence-electron chi connectivity index (χ0n) is 14.1. The number of hydrogen-bond acceptors (Lipinski definition) is 4. The Morgan fingerprint density at radius 2 is 2.05 bits per heavy atom. The normalized spacial score (nSPS) is 26.0. The minimum atomic E-state index is -0.310. The molecule has 0 aromatic rings. The lowest BCUT2D eigenvalue weighted by molar-refractivity contribution is 0.203. The maximum atomic E-state index is 9.39. The third kappa shape index (κ3) is 5.58. The number of nitrogens with one attached hydrogen (secondary N) is 1. The fourth-order valence-electron chi connectivity index (χ4n) is 3.45. The molecule has 1 heterocycles. The first-order chi connectivity index (χ1) is 10.0. The second-order valence-electron chi connectivity index (χ2n) is 7.41. The van der Waals surface area contributed by atoms with E-state index in [2.05, 4.69) is 42.2 Å². The molecule has 1 aliphatic carbocycles. The number of hydrogen-bond donors (Lipinski definition) is 1. The van der Waals surface area contributed by atoms with Gasteiger partial charge in [-0.1, -0.05) is 0 Å². The molecular formula is C17H32N4. The molecule has 2 fully saturated rings. The summed E-state index contributed by atoms with van der Waals surface area (Å²) in [5.74, 6) is 0. The highest BCUT2D eigenvalue weighted by molar-refractivity contribution is 5.06. The van der Waals surface area contributed by atoms with Crippen molar-refractivity contribution < 1.29 is 0 Å². The van der Waals surface area contributed by atoms with Crippen molar-refractivity contribution in [3.05, 3.63) is 0 Å². The fourth-order valence-corrected chi connectivity index (χ4v) is 3.45. The van der Waals surface area contributed by atoms with E-state index in [9.17, 15) is 5.26 Å². The van der Waals surface area contributed by atoms with E-state index >= 15 is 0 Å². The molecule has 1 saturated heterocycles. The van der Waals surface area contributed by atoms with E-state index in [1.807, 2.05) is 0 Å². The quantitative estimate of drug-likeness (QED) is 0.662. The first-order valence-corrected chi connectivity index (χ1v) is 8.60. The number of likely N-dealkylation sites (tertiary alicyclic amines) is 1. The molecule has 0 aromatic carbocycles. The van der Waals surface area contributed by atoms with Crippen molar-refractivity contribution in [1.29, 1.82) is 5.26 Å². The molecule has 4 heteroatoms. The molecule has 0 amide bonds. The van der Waals surface area contributed by atoms with Crippen LogP contribution in [0.25, 0.3) is 0 Å². The van der Waals surface area contributed by atoms with E-state index in [4.69, 9.17) is 0 Å². The van der Waals surface area contributed by atoms with Crippen molar-refractivity contribution in [2.45, 2.75) is 69.5 Å². The van der Waals surface area contributed by atoms with Crippen LogP contribution in [0.4, 0.5) is 0 Å². The number of unbranched alkanes of at least 4 members (excludes halogenated alkanes) is 1. The van der Waals surface area contributed by atoms with E-state index in [0.29, 0.717) is 6.04 Å². The molecule has 2 aliphatic rings. The van der Waals surface area contributed by atoms with Crippen LogP contribution in [0, 0.1) is 11.3 Å². The number of nitrogens with zero attached hydrogens (tertiary/aromatic N) is 3. The zero-order valence-corrected chi connectivity index (χ0v) is 14.1. The van der Waals surface area contributed by atoms with Gasteiger partial charge in [0.05, 0.1) is 6.07 Å². The highest BCUT2D eigenvalue weighted by Crippen LogP contribution is 2.25. The van der Waals surface area contributed by atoms with Crippen LogP contribution in [0.2, 0.25) is 0 Å². The molecule has 120 valence electrons. The highest BCUT2D eigenvalue weighted by atomic mass is 15.2. The van der Waals surface area contributed by atoms with Gasteiger partial charge in [0.2, 0.25) is 0 Å². The highest BCUT2D eigenvalue weighted by Gasteiger charge is 2.32. The summed E-state index contributed by atoms with van der Waals surface area (Å²) >= 11 is 0. The van der Waals surface area contributed by atoms with E-state index in [1.165, 1.54) is 51.7 Å². The van der Waals surface area contributed by atoms with Gasteiger partial charge < -0.3 is 4.90 Å². The SMILES string of the molecule is CN(C)CC1CCCN1CCCCC(C)(C#N)NC1CC1. The smallest absolute Gasteiger partial charge is 0.104 e. The van der Waals surface area contributed by atoms with Crippen molar-refractivity contribution in [3.63, 3.8) is 0 Å². The average molecular weight is 292 g/mol. The molecule has 2 rings (SSSR count). The van der Waals surface area contributed by atoms with Crippen LogP contribution in [0.15, 0.2) is 0 Å². The largest absolute Gasteiger partial charge is 0.308 e. The molecule has 2 atom stereocenters. The molecule has 0 spiro atoms. The lowest BCUT2D eigenvalue weighted by Crippen LogP contribution is -2.42. The van der Waals surface area contributed by atoms with Gasteiger partial charge in [-0.2, -0.15) is 5.26 Å². The van der Waals surface area contributed by atoms with Crippen molar-refractivity contribution >= 4 is 0 Å². The molecule has 1 aliphatic heterocycles. The van der Waals surface area contributed by atoms with Crippen LogP contribution in [0.1, 0.15) is 51.9 Å². The van der Waals surface area contributed by atoms with Gasteiger partial charge in [0, 0.05) is 18.6 Å². The molecule has 21 heavy (non-hydrogen) atoms. The van der Waals surface area contributed by atoms with Gasteiger partial charge in [-0.25, -0.2) is 0 Å². The molecule has 0 bridgehead atoms. The van der Waals surface area contributed by atoms with Crippen LogP contribution >= 0.6 is 0 Å². The monoisotopic (exact) mass is 292 g/mol. The number of rotatable bonds is 9. The van der Waals surface area contributed by atoms with Crippen LogP contribution in [-0.4, -0.2) is 61.2 Å². The number of likely N-dealkylation sites (N-methyl/N-ethyl adjacent to an activating group) is 1. The maximum Gasteiger partial charge on any atom is 0.104 e. The summed E-state index contributed by atoms with van der Waals surface area (Å²) in [5, 5.41) is 12.9. The standard InChI is InChI=1S/C17H32N4/c1-17(14-18,19-15-8-9-15)10-4-5-11-21-12-6-7-16(21)13-20(2)3/h15-16,19H,4-13H2,1-3H3. The van der Waals surface area contributed by atoms with Gasteiger partial charge in [-0.15, -0.1) is 0 Å². The van der Waals surface area contributed by atoms with Gasteiger partial charge in [-0.3, -0.25) is 10.2 Å². The van der Waals surface area contributed by atoms with E-state index in [1.54, 1.807) is 0 Å². The fraction of sp³-hybridized carbons (Fsp3) is 0.941. The van der Waals surface area contributed by atoms with Gasteiger partial charge >= 0.3 is 0 Å². The second kappa shape index (κ2) is 7.58. The van der Waals surface area contributed by atoms with Gasteiger partial charge in [0.1, 0.15) is 5.54 Å². The zero-order chi connectivity index (χ0) is 15.3. The van der Waals surface area contributed by atoms with Crippen molar-refractivity contribution in [2.75, 3.05) is 33.7 Å². The van der Waals surface area contributed by atoms with Gasteiger partial charge in [0.25, 0.3) is 0 Å². The summed E-state index contributed by atoms with van der Waals surface area (Å²) in [7, 11) is 4.33. The van der Waals surface area contributed by atoms with Crippen LogP contribution in [0.5, 0.6) is 0 Å². The summed E-state index contributed by atoms with van der Waals surface area (Å²) in [4.78, 5) is 4.95. The third-order valence-electron chi connectivity index (χ3n) is 4.79. The molecular weight excluding hydrogens is 260 g/mol. The topological polar surface area (TPSA) is 42.3 Å². The molecule has 1 saturated carbocycles. The summed E-state index contributed by atoms with van der Waals surface area (Å²) in [6.45, 7) is 5.70. The van der Waals surface area contributed by atoms with Crippen LogP contribution < -0.4 is 5.32 Å². The lowest BCUT2D eigenvalue weighted by atomic mass is 9.96. The molecule has 0 radical (unpaired) electrons. The van der Waals surface area contributed by atoms with E-state index in [-0.39, 0.29) is 5.54 Å². The Bertz CT molecular complexity index is 358. The third-order valence-corrected chi connectivity index (χ3v) is 4.79. The van der Waals surface area contributed by atoms with Crippen LogP contribution in [0.3, 0.4) is 0 Å². The van der Waals surface area contributed by atoms with Gasteiger partial charge in [-0.05, 0) is 79.1 Å². The molecule has 1 N–H and O–H groups in total. The van der Waals surface area contributed by atoms with Crippen LogP contribution in [-0.2, 0) is 0 Å². The Morgan fingerprint density at radius 1 is 1.29 bits per heavy atom. The first-order valence-electron chi connectivity index (χ1n) is 8.60. The molecule has 4 nitrogen and oxygen atoms in total. The van der Waals surface area contributed by atoms with Crippen molar-refractivity contribution in [3.8, 4) is 6.07 Å². The second-order valence-corrected chi connectivity index (χ2v) is 7.41. The number of nitriles is 1. The summed E-state index contributed by atoms with van der Waals surface area (Å²) < 4.78 is 0. The predicted octanol–water partition coefficient (Wildman–Crippen LogP) is 2.22. The summed E-state index contributed by atoms with van der Waals surface area (Å²) in [6.07, 6.45) is 8.53. The minimum Gasteiger partial charge on any atom is -0.308 e. The Morgan fingerprint density at radius 3 is 2.67 bits per heavy atom. The Balaban J connectivity index is 1.65. The molecule has 2 unspecified atom stereocenters. The maximum absolute atomic E-state index is 9.39. The summed E-state index contributed by atoms with van der Waals surface area (Å²) in [5.41, 5.74) is -0.310. The Labute approximate surface area is 130 Å². The molecule has 0 aromatic heterocycles. The van der Waals surface area contributed by atoms with E-state index in [0.717, 1.165) is 18.9 Å². The van der Waals surface area contributed by atoms with Crippen molar-refractivity contribution in [2.24, 2.45) is 0 Å².